The van der Waals surface area contributed by atoms with Crippen LogP contribution in [0.1, 0.15) is 36.8 Å². The van der Waals surface area contributed by atoms with Crippen molar-refractivity contribution < 1.29 is 13.2 Å². The molecular weight excluding hydrogens is 348 g/mol. The zero-order valence-corrected chi connectivity index (χ0v) is 15.5. The van der Waals surface area contributed by atoms with Crippen LogP contribution in [0.4, 0.5) is 5.69 Å². The molecule has 5 nitrogen and oxygen atoms in total. The van der Waals surface area contributed by atoms with Crippen LogP contribution in [0.3, 0.4) is 0 Å². The molecule has 0 bridgehead atoms. The number of sulfone groups is 1. The molecule has 138 valence electrons. The van der Waals surface area contributed by atoms with Crippen LogP contribution < -0.4 is 11.1 Å². The molecule has 1 saturated carbocycles. The Bertz CT molecular complexity index is 873. The van der Waals surface area contributed by atoms with Crippen LogP contribution in [-0.2, 0) is 26.1 Å². The van der Waals surface area contributed by atoms with Gasteiger partial charge in [0.05, 0.1) is 17.0 Å². The molecule has 0 atom stereocenters. The topological polar surface area (TPSA) is 89.3 Å². The van der Waals surface area contributed by atoms with E-state index in [1.54, 1.807) is 36.4 Å². The van der Waals surface area contributed by atoms with Gasteiger partial charge in [0, 0.05) is 5.69 Å². The second kappa shape index (κ2) is 7.60. The zero-order chi connectivity index (χ0) is 18.6. The van der Waals surface area contributed by atoms with E-state index in [-0.39, 0.29) is 17.4 Å². The van der Waals surface area contributed by atoms with E-state index < -0.39 is 15.4 Å². The molecule has 0 radical (unpaired) electrons. The zero-order valence-electron chi connectivity index (χ0n) is 14.6. The van der Waals surface area contributed by atoms with E-state index in [0.29, 0.717) is 24.1 Å². The number of rotatable bonds is 6. The average Bonchev–Trinajstić information content (AvgIpc) is 3.03. The first kappa shape index (κ1) is 18.6. The highest BCUT2D eigenvalue weighted by atomic mass is 32.2. The molecule has 1 aliphatic carbocycles. The highest BCUT2D eigenvalue weighted by molar-refractivity contribution is 7.89. The molecule has 0 saturated heterocycles. The van der Waals surface area contributed by atoms with Crippen molar-refractivity contribution in [2.75, 3.05) is 5.32 Å². The van der Waals surface area contributed by atoms with Crippen LogP contribution >= 0.6 is 0 Å². The lowest BCUT2D eigenvalue weighted by atomic mass is 9.98. The van der Waals surface area contributed by atoms with E-state index in [2.05, 4.69) is 5.32 Å². The summed E-state index contributed by atoms with van der Waals surface area (Å²) in [4.78, 5) is 12.4. The molecule has 0 heterocycles. The minimum Gasteiger partial charge on any atom is -0.324 e. The van der Waals surface area contributed by atoms with E-state index in [4.69, 9.17) is 5.73 Å². The van der Waals surface area contributed by atoms with Crippen molar-refractivity contribution in [3.05, 3.63) is 65.7 Å². The lowest BCUT2D eigenvalue weighted by Gasteiger charge is -2.22. The van der Waals surface area contributed by atoms with Crippen LogP contribution in [0.25, 0.3) is 0 Å². The summed E-state index contributed by atoms with van der Waals surface area (Å²) in [5.74, 6) is -0.269. The maximum Gasteiger partial charge on any atom is 0.244 e. The summed E-state index contributed by atoms with van der Waals surface area (Å²) >= 11 is 0. The van der Waals surface area contributed by atoms with Gasteiger partial charge in [-0.05, 0) is 36.1 Å². The third-order valence-electron chi connectivity index (χ3n) is 4.75. The fourth-order valence-electron chi connectivity index (χ4n) is 3.36. The van der Waals surface area contributed by atoms with Gasteiger partial charge in [-0.3, -0.25) is 4.79 Å². The van der Waals surface area contributed by atoms with E-state index >= 15 is 0 Å². The maximum absolute atomic E-state index is 12.5. The molecule has 3 N–H and O–H groups in total. The number of nitrogens with two attached hydrogens (primary N) is 1. The SMILES string of the molecule is NC1(C(=O)Nc2cccc(CS(=O)(=O)Cc3ccccc3)c2)CCCC1. The maximum atomic E-state index is 12.5. The van der Waals surface area contributed by atoms with Crippen LogP contribution in [-0.4, -0.2) is 19.9 Å². The third kappa shape index (κ3) is 4.71. The molecule has 1 aliphatic rings. The fraction of sp³-hybridized carbons (Fsp3) is 0.350. The number of hydrogen-bond acceptors (Lipinski definition) is 4. The first-order chi connectivity index (χ1) is 12.4. The Kier molecular flexibility index (Phi) is 5.44. The Labute approximate surface area is 154 Å². The van der Waals surface area contributed by atoms with Gasteiger partial charge in [-0.1, -0.05) is 55.3 Å². The minimum atomic E-state index is -3.30. The molecule has 2 aromatic rings. The van der Waals surface area contributed by atoms with Gasteiger partial charge in [0.15, 0.2) is 9.84 Å². The Balaban J connectivity index is 1.68. The molecule has 1 amide bonds. The number of carbonyl (C=O) groups is 1. The summed E-state index contributed by atoms with van der Waals surface area (Å²) in [5.41, 5.74) is 7.36. The number of amides is 1. The molecule has 3 rings (SSSR count). The van der Waals surface area contributed by atoms with Crippen molar-refractivity contribution in [1.29, 1.82) is 0 Å². The molecule has 0 aliphatic heterocycles. The molecule has 2 aromatic carbocycles. The summed E-state index contributed by atoms with van der Waals surface area (Å²) in [7, 11) is -3.30. The van der Waals surface area contributed by atoms with Crippen molar-refractivity contribution >= 4 is 21.4 Å². The smallest absolute Gasteiger partial charge is 0.244 e. The van der Waals surface area contributed by atoms with Crippen molar-refractivity contribution in [2.45, 2.75) is 42.7 Å². The van der Waals surface area contributed by atoms with Crippen molar-refractivity contribution in [3.8, 4) is 0 Å². The summed E-state index contributed by atoms with van der Waals surface area (Å²) in [6, 6.07) is 16.1. The average molecular weight is 372 g/mol. The largest absolute Gasteiger partial charge is 0.324 e. The predicted octanol–water partition coefficient (Wildman–Crippen LogP) is 3.01. The number of benzene rings is 2. The summed E-state index contributed by atoms with van der Waals surface area (Å²) < 4.78 is 24.9. The Hall–Kier alpha value is -2.18. The number of hydrogen-bond donors (Lipinski definition) is 2. The van der Waals surface area contributed by atoms with Crippen LogP contribution in [0, 0.1) is 0 Å². The van der Waals surface area contributed by atoms with Gasteiger partial charge in [-0.25, -0.2) is 8.42 Å². The standard InChI is InChI=1S/C20H24N2O3S/c21-20(11-4-5-12-20)19(23)22-18-10-6-9-17(13-18)15-26(24,25)14-16-7-2-1-3-8-16/h1-3,6-10,13H,4-5,11-12,14-15,21H2,(H,22,23). The van der Waals surface area contributed by atoms with Crippen LogP contribution in [0.15, 0.2) is 54.6 Å². The fourth-order valence-corrected chi connectivity index (χ4v) is 4.85. The molecule has 0 unspecified atom stereocenters. The monoisotopic (exact) mass is 372 g/mol. The quantitative estimate of drug-likeness (QED) is 0.816. The van der Waals surface area contributed by atoms with Gasteiger partial charge in [-0.15, -0.1) is 0 Å². The molecule has 1 fully saturated rings. The molecule has 6 heteroatoms. The lowest BCUT2D eigenvalue weighted by Crippen LogP contribution is -2.48. The molecule has 0 aromatic heterocycles. The second-order valence-corrected chi connectivity index (χ2v) is 9.10. The predicted molar refractivity (Wildman–Crippen MR) is 103 cm³/mol. The van der Waals surface area contributed by atoms with Gasteiger partial charge in [0.2, 0.25) is 5.91 Å². The highest BCUT2D eigenvalue weighted by Gasteiger charge is 2.36. The molecule has 0 spiro atoms. The van der Waals surface area contributed by atoms with Gasteiger partial charge >= 0.3 is 0 Å². The Morgan fingerprint density at radius 3 is 2.27 bits per heavy atom. The first-order valence-electron chi connectivity index (χ1n) is 8.80. The van der Waals surface area contributed by atoms with E-state index in [9.17, 15) is 13.2 Å². The van der Waals surface area contributed by atoms with E-state index in [1.807, 2.05) is 18.2 Å². The van der Waals surface area contributed by atoms with E-state index in [0.717, 1.165) is 18.4 Å². The van der Waals surface area contributed by atoms with Crippen LogP contribution in [0.2, 0.25) is 0 Å². The Morgan fingerprint density at radius 1 is 0.962 bits per heavy atom. The summed E-state index contributed by atoms with van der Waals surface area (Å²) in [6.45, 7) is 0. The molecular formula is C20H24N2O3S. The third-order valence-corrected chi connectivity index (χ3v) is 6.30. The number of anilines is 1. The van der Waals surface area contributed by atoms with Gasteiger partial charge in [-0.2, -0.15) is 0 Å². The van der Waals surface area contributed by atoms with Crippen molar-refractivity contribution in [1.82, 2.24) is 0 Å². The molecule has 26 heavy (non-hydrogen) atoms. The normalized spacial score (nSPS) is 16.3. The number of carbonyl (C=O) groups excluding carboxylic acids is 1. The van der Waals surface area contributed by atoms with E-state index in [1.165, 1.54) is 0 Å². The van der Waals surface area contributed by atoms with Crippen molar-refractivity contribution in [3.63, 3.8) is 0 Å². The van der Waals surface area contributed by atoms with Crippen LogP contribution in [0.5, 0.6) is 0 Å². The second-order valence-electron chi connectivity index (χ2n) is 7.04. The Morgan fingerprint density at radius 2 is 1.58 bits per heavy atom. The number of nitrogens with one attached hydrogen (secondary N) is 1. The first-order valence-corrected chi connectivity index (χ1v) is 10.6. The van der Waals surface area contributed by atoms with Gasteiger partial charge in [0.1, 0.15) is 0 Å². The van der Waals surface area contributed by atoms with Gasteiger partial charge in [0.25, 0.3) is 0 Å². The minimum absolute atomic E-state index is 0.00363. The summed E-state index contributed by atoms with van der Waals surface area (Å²) in [5, 5.41) is 2.84. The highest BCUT2D eigenvalue weighted by Crippen LogP contribution is 2.28. The lowest BCUT2D eigenvalue weighted by molar-refractivity contribution is -0.121. The van der Waals surface area contributed by atoms with Crippen molar-refractivity contribution in [2.24, 2.45) is 5.73 Å². The van der Waals surface area contributed by atoms with Gasteiger partial charge < -0.3 is 11.1 Å². The summed E-state index contributed by atoms with van der Waals surface area (Å²) in [6.07, 6.45) is 3.29.